The number of aryl methyl sites for hydroxylation is 1. The van der Waals surface area contributed by atoms with Gasteiger partial charge in [0, 0.05) is 24.0 Å². The topological polar surface area (TPSA) is 42.2 Å². The molecule has 5 heteroatoms. The Morgan fingerprint density at radius 1 is 1.56 bits per heavy atom. The molecule has 16 heavy (non-hydrogen) atoms. The predicted molar refractivity (Wildman–Crippen MR) is 71.2 cm³/mol. The molecule has 1 aliphatic rings. The van der Waals surface area contributed by atoms with E-state index in [1.165, 1.54) is 25.0 Å². The Kier molecular flexibility index (Phi) is 4.73. The van der Waals surface area contributed by atoms with E-state index in [-0.39, 0.29) is 17.9 Å². The van der Waals surface area contributed by atoms with Crippen molar-refractivity contribution in [1.29, 1.82) is 0 Å². The highest BCUT2D eigenvalue weighted by Gasteiger charge is 2.39. The molecule has 0 amide bonds. The molecule has 0 aromatic carbocycles. The molecule has 1 saturated carbocycles. The number of nitrogens with zero attached hydrogens (tertiary/aromatic N) is 2. The van der Waals surface area contributed by atoms with Gasteiger partial charge in [0.15, 0.2) is 0 Å². The first-order valence-corrected chi connectivity index (χ1v) is 6.36. The van der Waals surface area contributed by atoms with Crippen molar-refractivity contribution in [3.63, 3.8) is 0 Å². The van der Waals surface area contributed by atoms with Crippen LogP contribution in [0.3, 0.4) is 0 Å². The lowest BCUT2D eigenvalue weighted by atomic mass is 9.75. The number of nitrogens with two attached hydrogens (primary N) is 1. The minimum Gasteiger partial charge on any atom is -0.329 e. The van der Waals surface area contributed by atoms with Crippen molar-refractivity contribution >= 4 is 23.7 Å². The number of rotatable bonds is 4. The second kappa shape index (κ2) is 5.45. The Morgan fingerprint density at radius 3 is 2.62 bits per heavy atom. The van der Waals surface area contributed by atoms with E-state index in [2.05, 4.69) is 29.2 Å². The van der Waals surface area contributed by atoms with Crippen molar-refractivity contribution in [2.45, 2.75) is 38.3 Å². The summed E-state index contributed by atoms with van der Waals surface area (Å²) in [7, 11) is 2.17. The van der Waals surface area contributed by atoms with Crippen LogP contribution in [-0.2, 0) is 6.54 Å². The van der Waals surface area contributed by atoms with Gasteiger partial charge in [-0.2, -0.15) is 0 Å². The van der Waals surface area contributed by atoms with Crippen molar-refractivity contribution in [2.75, 3.05) is 13.6 Å². The number of aromatic nitrogens is 1. The van der Waals surface area contributed by atoms with E-state index >= 15 is 0 Å². The zero-order chi connectivity index (χ0) is 10.9. The lowest BCUT2D eigenvalue weighted by Crippen LogP contribution is -2.56. The van der Waals surface area contributed by atoms with Crippen LogP contribution >= 0.6 is 23.7 Å². The first-order chi connectivity index (χ1) is 7.16. The van der Waals surface area contributed by atoms with Gasteiger partial charge >= 0.3 is 0 Å². The van der Waals surface area contributed by atoms with E-state index in [9.17, 15) is 0 Å². The van der Waals surface area contributed by atoms with E-state index in [1.54, 1.807) is 11.3 Å². The van der Waals surface area contributed by atoms with E-state index in [0.29, 0.717) is 0 Å². The summed E-state index contributed by atoms with van der Waals surface area (Å²) in [4.78, 5) is 6.87. The van der Waals surface area contributed by atoms with Gasteiger partial charge in [-0.1, -0.05) is 0 Å². The smallest absolute Gasteiger partial charge is 0.0897 e. The summed E-state index contributed by atoms with van der Waals surface area (Å²) < 4.78 is 0. The van der Waals surface area contributed by atoms with E-state index in [1.807, 2.05) is 0 Å². The molecule has 1 aliphatic carbocycles. The highest BCUT2D eigenvalue weighted by Crippen LogP contribution is 2.36. The molecule has 1 aromatic heterocycles. The molecule has 1 heterocycles. The maximum Gasteiger partial charge on any atom is 0.0897 e. The SMILES string of the molecule is Cc1nc(CN(C)C2(CN)CCC2)cs1.Cl. The Hall–Kier alpha value is -0.160. The third-order valence-electron chi connectivity index (χ3n) is 3.54. The zero-order valence-corrected chi connectivity index (χ0v) is 11.5. The fourth-order valence-electron chi connectivity index (χ4n) is 2.22. The highest BCUT2D eigenvalue weighted by molar-refractivity contribution is 7.09. The first kappa shape index (κ1) is 13.9. The van der Waals surface area contributed by atoms with E-state index in [4.69, 9.17) is 5.73 Å². The largest absolute Gasteiger partial charge is 0.329 e. The molecule has 1 aromatic rings. The highest BCUT2D eigenvalue weighted by atomic mass is 35.5. The van der Waals surface area contributed by atoms with Gasteiger partial charge in [0.25, 0.3) is 0 Å². The van der Waals surface area contributed by atoms with E-state index < -0.39 is 0 Å². The predicted octanol–water partition coefficient (Wildman–Crippen LogP) is 2.19. The van der Waals surface area contributed by atoms with Crippen LogP contribution in [0.25, 0.3) is 0 Å². The molecule has 0 radical (unpaired) electrons. The lowest BCUT2D eigenvalue weighted by molar-refractivity contribution is 0.0390. The molecule has 0 saturated heterocycles. The Balaban J connectivity index is 0.00000128. The fourth-order valence-corrected chi connectivity index (χ4v) is 2.82. The Bertz CT molecular complexity index is 330. The standard InChI is InChI=1S/C11H19N3S.ClH/c1-9-13-10(7-15-9)6-14(2)11(8-12)4-3-5-11;/h7H,3-6,8,12H2,1-2H3;1H. The van der Waals surface area contributed by atoms with Crippen molar-refractivity contribution in [3.8, 4) is 0 Å². The summed E-state index contributed by atoms with van der Waals surface area (Å²) in [6.45, 7) is 3.75. The van der Waals surface area contributed by atoms with Crippen LogP contribution in [0.5, 0.6) is 0 Å². The second-order valence-corrected chi connectivity index (χ2v) is 5.56. The van der Waals surface area contributed by atoms with Crippen molar-refractivity contribution in [2.24, 2.45) is 5.73 Å². The van der Waals surface area contributed by atoms with Crippen molar-refractivity contribution < 1.29 is 0 Å². The number of thiazole rings is 1. The molecule has 2 rings (SSSR count). The van der Waals surface area contributed by atoms with Crippen LogP contribution in [0.1, 0.15) is 30.0 Å². The average molecular weight is 262 g/mol. The van der Waals surface area contributed by atoms with Crippen LogP contribution in [-0.4, -0.2) is 29.0 Å². The summed E-state index contributed by atoms with van der Waals surface area (Å²) in [5.41, 5.74) is 7.31. The number of halogens is 1. The Labute approximate surface area is 107 Å². The molecular formula is C11H20ClN3S. The summed E-state index contributed by atoms with van der Waals surface area (Å²) in [5.74, 6) is 0. The van der Waals surface area contributed by atoms with Gasteiger partial charge in [-0.15, -0.1) is 23.7 Å². The van der Waals surface area contributed by atoms with Crippen LogP contribution < -0.4 is 5.73 Å². The van der Waals surface area contributed by atoms with Gasteiger partial charge in [-0.25, -0.2) is 4.98 Å². The van der Waals surface area contributed by atoms with Crippen LogP contribution in [0.15, 0.2) is 5.38 Å². The third kappa shape index (κ3) is 2.56. The summed E-state index contributed by atoms with van der Waals surface area (Å²) >= 11 is 1.72. The summed E-state index contributed by atoms with van der Waals surface area (Å²) in [6.07, 6.45) is 3.80. The third-order valence-corrected chi connectivity index (χ3v) is 4.36. The maximum atomic E-state index is 5.87. The zero-order valence-electron chi connectivity index (χ0n) is 9.90. The molecule has 0 atom stereocenters. The van der Waals surface area contributed by atoms with Gasteiger partial charge in [0.05, 0.1) is 10.7 Å². The van der Waals surface area contributed by atoms with Gasteiger partial charge in [0.2, 0.25) is 0 Å². The van der Waals surface area contributed by atoms with Crippen LogP contribution in [0, 0.1) is 6.92 Å². The second-order valence-electron chi connectivity index (χ2n) is 4.50. The summed E-state index contributed by atoms with van der Waals surface area (Å²) in [6, 6.07) is 0. The van der Waals surface area contributed by atoms with Crippen molar-refractivity contribution in [1.82, 2.24) is 9.88 Å². The normalized spacial score (nSPS) is 18.0. The van der Waals surface area contributed by atoms with Crippen molar-refractivity contribution in [3.05, 3.63) is 16.1 Å². The van der Waals surface area contributed by atoms with E-state index in [0.717, 1.165) is 18.1 Å². The average Bonchev–Trinajstić information content (AvgIpc) is 2.50. The van der Waals surface area contributed by atoms with Gasteiger partial charge in [-0.05, 0) is 33.2 Å². The van der Waals surface area contributed by atoms with Gasteiger partial charge in [-0.3, -0.25) is 4.90 Å². The number of hydrogen-bond donors (Lipinski definition) is 1. The number of hydrogen-bond acceptors (Lipinski definition) is 4. The number of likely N-dealkylation sites (N-methyl/N-ethyl adjacent to an activating group) is 1. The maximum absolute atomic E-state index is 5.87. The quantitative estimate of drug-likeness (QED) is 0.904. The molecule has 0 bridgehead atoms. The van der Waals surface area contributed by atoms with Crippen LogP contribution in [0.4, 0.5) is 0 Å². The molecule has 0 unspecified atom stereocenters. The summed E-state index contributed by atoms with van der Waals surface area (Å²) in [5, 5.41) is 3.29. The minimum absolute atomic E-state index is 0. The molecule has 1 fully saturated rings. The molecule has 92 valence electrons. The first-order valence-electron chi connectivity index (χ1n) is 5.49. The lowest BCUT2D eigenvalue weighted by Gasteiger charge is -2.48. The molecule has 0 aliphatic heterocycles. The van der Waals surface area contributed by atoms with Gasteiger partial charge < -0.3 is 5.73 Å². The molecule has 3 nitrogen and oxygen atoms in total. The van der Waals surface area contributed by atoms with Gasteiger partial charge in [0.1, 0.15) is 0 Å². The van der Waals surface area contributed by atoms with Crippen LogP contribution in [0.2, 0.25) is 0 Å². The molecule has 0 spiro atoms. The fraction of sp³-hybridized carbons (Fsp3) is 0.727. The molecular weight excluding hydrogens is 242 g/mol. The minimum atomic E-state index is 0. The monoisotopic (exact) mass is 261 g/mol. The Morgan fingerprint density at radius 2 is 2.25 bits per heavy atom. The molecule has 2 N–H and O–H groups in total.